The first-order valence-corrected chi connectivity index (χ1v) is 15.3. The van der Waals surface area contributed by atoms with Crippen molar-refractivity contribution in [1.29, 1.82) is 0 Å². The molecule has 5 atom stereocenters. The average molecular weight is 539 g/mol. The number of hydrogen-bond acceptors (Lipinski definition) is 6. The van der Waals surface area contributed by atoms with Gasteiger partial charge in [-0.05, 0) is 56.5 Å². The molecule has 9 heteroatoms. The third kappa shape index (κ3) is 3.78. The van der Waals surface area contributed by atoms with Crippen LogP contribution in [-0.4, -0.2) is 73.0 Å². The van der Waals surface area contributed by atoms with E-state index in [0.29, 0.717) is 23.7 Å². The number of nitrogens with zero attached hydrogens (tertiary/aromatic N) is 1. The number of ether oxygens (including phenoxy) is 1. The molecule has 1 aromatic carbocycles. The summed E-state index contributed by atoms with van der Waals surface area (Å²) >= 11 is 3.17. The second kappa shape index (κ2) is 8.40. The zero-order chi connectivity index (χ0) is 23.5. The van der Waals surface area contributed by atoms with Crippen molar-refractivity contribution in [2.24, 2.45) is 5.92 Å². The van der Waals surface area contributed by atoms with Crippen molar-refractivity contribution in [3.63, 3.8) is 0 Å². The summed E-state index contributed by atoms with van der Waals surface area (Å²) in [7, 11) is -0.547. The fraction of sp³-hybridized carbons (Fsp3) is 0.625. The zero-order valence-electron chi connectivity index (χ0n) is 19.3. The molecule has 2 heterocycles. The van der Waals surface area contributed by atoms with Gasteiger partial charge in [-0.3, -0.25) is 9.36 Å². The van der Waals surface area contributed by atoms with Gasteiger partial charge in [0.15, 0.2) is 18.9 Å². The Morgan fingerprint density at radius 1 is 1.42 bits per heavy atom. The Bertz CT molecular complexity index is 1060. The lowest BCUT2D eigenvalue weighted by Crippen LogP contribution is -2.65. The highest BCUT2D eigenvalue weighted by Crippen LogP contribution is 2.64. The number of aromatic hydroxyl groups is 1. The van der Waals surface area contributed by atoms with Crippen LogP contribution in [0.1, 0.15) is 29.5 Å². The van der Waals surface area contributed by atoms with Gasteiger partial charge in [0.25, 0.3) is 0 Å². The van der Waals surface area contributed by atoms with Crippen molar-refractivity contribution in [3.05, 3.63) is 34.9 Å². The van der Waals surface area contributed by atoms with Crippen molar-refractivity contribution in [1.82, 2.24) is 10.2 Å². The number of hydrogen-bond donors (Lipinski definition) is 2. The first-order valence-electron chi connectivity index (χ1n) is 11.6. The van der Waals surface area contributed by atoms with E-state index in [1.807, 2.05) is 12.1 Å². The van der Waals surface area contributed by atoms with Gasteiger partial charge in [-0.15, -0.1) is 0 Å². The van der Waals surface area contributed by atoms with E-state index >= 15 is 0 Å². The molecule has 180 valence electrons. The molecule has 7 nitrogen and oxygen atoms in total. The van der Waals surface area contributed by atoms with Gasteiger partial charge < -0.3 is 24.6 Å². The zero-order valence-corrected chi connectivity index (χ0v) is 21.8. The lowest BCUT2D eigenvalue weighted by atomic mass is 9.53. The third-order valence-electron chi connectivity index (χ3n) is 7.79. The number of nitrogens with one attached hydrogen (secondary N) is 1. The number of aryl methyl sites for hydroxylation is 1. The predicted molar refractivity (Wildman–Crippen MR) is 131 cm³/mol. The smallest absolute Gasteiger partial charge is 0.230 e. The quantitative estimate of drug-likeness (QED) is 0.240. The summed E-state index contributed by atoms with van der Waals surface area (Å²) in [4.78, 5) is 14.0. The second-order valence-electron chi connectivity index (χ2n) is 10.1. The Kier molecular flexibility index (Phi) is 5.96. The summed E-state index contributed by atoms with van der Waals surface area (Å²) in [6.45, 7) is 4.82. The van der Waals surface area contributed by atoms with Gasteiger partial charge in [-0.2, -0.15) is 0 Å². The Labute approximate surface area is 203 Å². The van der Waals surface area contributed by atoms with Crippen LogP contribution in [-0.2, 0) is 32.1 Å². The Morgan fingerprint density at radius 2 is 2.21 bits per heavy atom. The minimum Gasteiger partial charge on any atom is -0.504 e. The highest BCUT2D eigenvalue weighted by molar-refractivity contribution is 9.09. The number of phenols is 1. The Hall–Kier alpha value is -1.34. The van der Waals surface area contributed by atoms with Gasteiger partial charge in [0.2, 0.25) is 5.91 Å². The summed E-state index contributed by atoms with van der Waals surface area (Å²) in [5.74, 6) is 0.990. The molecule has 1 aromatic rings. The molecule has 2 bridgehead atoms. The highest BCUT2D eigenvalue weighted by Gasteiger charge is 2.65. The van der Waals surface area contributed by atoms with Crippen molar-refractivity contribution >= 4 is 29.2 Å². The van der Waals surface area contributed by atoms with Crippen LogP contribution in [0.3, 0.4) is 0 Å². The molecule has 5 rings (SSSR count). The Balaban J connectivity index is 1.55. The first-order chi connectivity index (χ1) is 15.7. The molecule has 1 unspecified atom stereocenters. The van der Waals surface area contributed by atoms with E-state index in [1.165, 1.54) is 5.56 Å². The summed E-state index contributed by atoms with van der Waals surface area (Å²) in [6, 6.07) is 2.19. The summed E-state index contributed by atoms with van der Waals surface area (Å²) < 4.78 is 25.1. The molecule has 2 aliphatic heterocycles. The number of rotatable bonds is 7. The van der Waals surface area contributed by atoms with Crippen LogP contribution in [0.2, 0.25) is 0 Å². The molecule has 0 aromatic heterocycles. The molecule has 33 heavy (non-hydrogen) atoms. The minimum atomic E-state index is -2.73. The maximum Gasteiger partial charge on any atom is 0.230 e. The number of phenolic OH excluding ortho intramolecular Hbond substituents is 1. The molecule has 1 fully saturated rings. The predicted octanol–water partition coefficient (Wildman–Crippen LogP) is 3.20. The number of carbonyl (C=O) groups is 1. The summed E-state index contributed by atoms with van der Waals surface area (Å²) in [6.07, 6.45) is 6.94. The number of piperidine rings is 1. The number of halogens is 1. The average Bonchev–Trinajstić information content (AvgIpc) is 3.11. The van der Waals surface area contributed by atoms with Crippen LogP contribution in [0.15, 0.2) is 18.2 Å². The van der Waals surface area contributed by atoms with E-state index in [1.54, 1.807) is 13.3 Å². The maximum absolute atomic E-state index is 12.6. The SMILES string of the molecule is CN1CC[C@]23c4c5c(CCCNC(=O)CBr)cc(O)c4O[C@H]2[C@@H](OP(C)(C)=O)C=CC3[C@H]1C5. The molecule has 1 amide bonds. The molecule has 2 N–H and O–H groups in total. The van der Waals surface area contributed by atoms with E-state index < -0.39 is 13.5 Å². The van der Waals surface area contributed by atoms with E-state index in [-0.39, 0.29) is 29.1 Å². The van der Waals surface area contributed by atoms with Crippen LogP contribution in [0.25, 0.3) is 0 Å². The van der Waals surface area contributed by atoms with E-state index in [0.717, 1.165) is 43.4 Å². The van der Waals surface area contributed by atoms with E-state index in [9.17, 15) is 14.5 Å². The first kappa shape index (κ1) is 23.4. The van der Waals surface area contributed by atoms with Gasteiger partial charge in [-0.25, -0.2) is 0 Å². The molecule has 1 spiro atoms. The minimum absolute atomic E-state index is 0.0218. The van der Waals surface area contributed by atoms with Crippen molar-refractivity contribution in [2.45, 2.75) is 49.3 Å². The topological polar surface area (TPSA) is 88.1 Å². The lowest BCUT2D eigenvalue weighted by Gasteiger charge is -2.57. The molecule has 1 saturated heterocycles. The fourth-order valence-corrected chi connectivity index (χ4v) is 7.51. The van der Waals surface area contributed by atoms with Crippen LogP contribution in [0.5, 0.6) is 11.5 Å². The number of likely N-dealkylation sites (N-methyl/N-ethyl adjacent to an activating group) is 1. The number of amides is 1. The van der Waals surface area contributed by atoms with Gasteiger partial charge in [0.05, 0.1) is 5.33 Å². The maximum atomic E-state index is 12.6. The second-order valence-corrected chi connectivity index (χ2v) is 13.4. The van der Waals surface area contributed by atoms with Gasteiger partial charge in [-0.1, -0.05) is 28.1 Å². The lowest BCUT2D eigenvalue weighted by molar-refractivity contribution is -0.118. The largest absolute Gasteiger partial charge is 0.504 e. The molecule has 2 aliphatic carbocycles. The van der Waals surface area contributed by atoms with Crippen LogP contribution in [0, 0.1) is 5.92 Å². The van der Waals surface area contributed by atoms with Gasteiger partial charge in [0, 0.05) is 42.8 Å². The number of carbonyl (C=O) groups excluding carboxylic acids is 1. The monoisotopic (exact) mass is 538 g/mol. The Morgan fingerprint density at radius 3 is 2.94 bits per heavy atom. The third-order valence-corrected chi connectivity index (χ3v) is 9.05. The van der Waals surface area contributed by atoms with E-state index in [4.69, 9.17) is 9.26 Å². The summed E-state index contributed by atoms with van der Waals surface area (Å²) in [5, 5.41) is 14.2. The number of benzene rings is 1. The molecule has 4 aliphatic rings. The molecule has 0 saturated carbocycles. The summed E-state index contributed by atoms with van der Waals surface area (Å²) in [5.41, 5.74) is 3.26. The van der Waals surface area contributed by atoms with Gasteiger partial charge >= 0.3 is 0 Å². The molecular weight excluding hydrogens is 507 g/mol. The van der Waals surface area contributed by atoms with Crippen LogP contribution < -0.4 is 10.1 Å². The molecule has 0 radical (unpaired) electrons. The number of likely N-dealkylation sites (tertiary alicyclic amines) is 1. The van der Waals surface area contributed by atoms with Crippen molar-refractivity contribution in [3.8, 4) is 11.5 Å². The highest BCUT2D eigenvalue weighted by atomic mass is 79.9. The van der Waals surface area contributed by atoms with Gasteiger partial charge in [0.1, 0.15) is 12.2 Å². The fourth-order valence-electron chi connectivity index (χ4n) is 6.54. The van der Waals surface area contributed by atoms with Crippen molar-refractivity contribution in [2.75, 3.05) is 38.8 Å². The van der Waals surface area contributed by atoms with Crippen molar-refractivity contribution < 1.29 is 23.7 Å². The normalized spacial score (nSPS) is 31.8. The standard InChI is InChI=1S/C24H32BrN2O5P/c1-27-10-8-24-16-6-7-19(32-33(2,3)30)23(24)31-22-18(28)11-14(5-4-9-26-20(29)13-25)15(21(22)24)12-17(16)27/h6-7,11,16-17,19,23,28H,4-5,8-10,12-13H2,1-3H3,(H,26,29)/t16?,17-,19+,23+,24+/m1/s1. The van der Waals surface area contributed by atoms with Crippen LogP contribution in [0.4, 0.5) is 0 Å². The van der Waals surface area contributed by atoms with E-state index in [2.05, 4.69) is 39.3 Å². The van der Waals surface area contributed by atoms with Crippen LogP contribution >= 0.6 is 23.3 Å². The number of alkyl halides is 1. The molecular formula is C24H32BrN2O5P.